The Labute approximate surface area is 157 Å². The first-order chi connectivity index (χ1) is 13.4. The van der Waals surface area contributed by atoms with Gasteiger partial charge in [-0.05, 0) is 0 Å². The zero-order valence-corrected chi connectivity index (χ0v) is 14.5. The average molecular weight is 399 g/mol. The van der Waals surface area contributed by atoms with Crippen molar-refractivity contribution in [3.8, 4) is 0 Å². The molecule has 2 aliphatic rings. The van der Waals surface area contributed by atoms with Gasteiger partial charge in [0.15, 0.2) is 24.0 Å². The molecule has 154 valence electrons. The van der Waals surface area contributed by atoms with E-state index in [2.05, 4.69) is 15.0 Å². The minimum Gasteiger partial charge on any atom is -0.388 e. The summed E-state index contributed by atoms with van der Waals surface area (Å²) < 4.78 is 17.6. The molecule has 2 aromatic rings. The highest BCUT2D eigenvalue weighted by Crippen LogP contribution is 2.32. The van der Waals surface area contributed by atoms with E-state index in [0.717, 1.165) is 0 Å². The van der Waals surface area contributed by atoms with Crippen LogP contribution in [0, 0.1) is 0 Å². The number of fused-ring (bicyclic) bond motifs is 1. The van der Waals surface area contributed by atoms with Crippen molar-refractivity contribution in [1.29, 1.82) is 0 Å². The molecule has 4 heterocycles. The molecule has 2 aliphatic heterocycles. The van der Waals surface area contributed by atoms with E-state index in [1.54, 1.807) is 0 Å². The Morgan fingerprint density at radius 2 is 1.86 bits per heavy atom. The van der Waals surface area contributed by atoms with Crippen LogP contribution in [0.4, 0.5) is 5.82 Å². The van der Waals surface area contributed by atoms with Gasteiger partial charge < -0.3 is 45.5 Å². The van der Waals surface area contributed by atoms with Crippen molar-refractivity contribution < 1.29 is 39.7 Å². The van der Waals surface area contributed by atoms with Crippen LogP contribution in [0.25, 0.3) is 11.2 Å². The number of ether oxygens (including phenoxy) is 3. The minimum atomic E-state index is -1.47. The fourth-order valence-corrected chi connectivity index (χ4v) is 3.27. The highest BCUT2D eigenvalue weighted by molar-refractivity contribution is 5.81. The molecule has 8 atom stereocenters. The normalized spacial score (nSPS) is 38.9. The van der Waals surface area contributed by atoms with Crippen LogP contribution in [0.3, 0.4) is 0 Å². The van der Waals surface area contributed by atoms with Crippen molar-refractivity contribution in [2.75, 3.05) is 18.9 Å². The van der Waals surface area contributed by atoms with Crippen LogP contribution in [0.2, 0.25) is 0 Å². The Kier molecular flexibility index (Phi) is 5.15. The molecule has 0 unspecified atom stereocenters. The number of aliphatic hydroxyl groups excluding tert-OH is 5. The fourth-order valence-electron chi connectivity index (χ4n) is 3.27. The van der Waals surface area contributed by atoms with E-state index in [0.29, 0.717) is 11.2 Å². The zero-order valence-electron chi connectivity index (χ0n) is 14.5. The number of hydrogen-bond acceptors (Lipinski definition) is 12. The number of anilines is 1. The van der Waals surface area contributed by atoms with E-state index in [-0.39, 0.29) is 19.0 Å². The summed E-state index contributed by atoms with van der Waals surface area (Å²) in [6.45, 7) is -0.465. The van der Waals surface area contributed by atoms with Crippen LogP contribution >= 0.6 is 0 Å². The third-order valence-electron chi connectivity index (χ3n) is 4.88. The second kappa shape index (κ2) is 7.46. The van der Waals surface area contributed by atoms with Gasteiger partial charge in [0.25, 0.3) is 0 Å². The van der Waals surface area contributed by atoms with Gasteiger partial charge in [-0.2, -0.15) is 0 Å². The molecule has 0 saturated carbocycles. The predicted octanol–water partition coefficient (Wildman–Crippen LogP) is -3.52. The molecule has 2 saturated heterocycles. The molecular formula is C15H21N5O8. The van der Waals surface area contributed by atoms with Crippen LogP contribution in [0.15, 0.2) is 12.7 Å². The molecule has 0 aliphatic carbocycles. The number of aromatic nitrogens is 4. The molecule has 13 nitrogen and oxygen atoms in total. The molecule has 0 amide bonds. The van der Waals surface area contributed by atoms with Gasteiger partial charge in [-0.3, -0.25) is 4.57 Å². The maximum absolute atomic E-state index is 10.4. The van der Waals surface area contributed by atoms with Crippen LogP contribution in [-0.2, 0) is 14.2 Å². The third-order valence-corrected chi connectivity index (χ3v) is 4.88. The summed E-state index contributed by atoms with van der Waals surface area (Å²) in [6, 6.07) is 0. The van der Waals surface area contributed by atoms with Crippen molar-refractivity contribution >= 4 is 17.0 Å². The lowest BCUT2D eigenvalue weighted by Gasteiger charge is -2.35. The zero-order chi connectivity index (χ0) is 20.0. The molecular weight excluding hydrogens is 378 g/mol. The van der Waals surface area contributed by atoms with Gasteiger partial charge in [-0.25, -0.2) is 15.0 Å². The van der Waals surface area contributed by atoms with E-state index >= 15 is 0 Å². The maximum Gasteiger partial charge on any atom is 0.186 e. The smallest absolute Gasteiger partial charge is 0.186 e. The Bertz CT molecular complexity index is 836. The molecule has 2 fully saturated rings. The van der Waals surface area contributed by atoms with Gasteiger partial charge >= 0.3 is 0 Å². The summed E-state index contributed by atoms with van der Waals surface area (Å²) in [7, 11) is 0. The van der Waals surface area contributed by atoms with Crippen LogP contribution in [-0.4, -0.2) is 101 Å². The lowest BCUT2D eigenvalue weighted by Crippen LogP contribution is -2.54. The van der Waals surface area contributed by atoms with E-state index in [1.165, 1.54) is 17.2 Å². The van der Waals surface area contributed by atoms with Crippen molar-refractivity contribution in [1.82, 2.24) is 19.5 Å². The SMILES string of the molecule is Nc1ncnc2c1ncn2[C@@H]1O[C@H](CO[C@H]2OC[C@H](O)[C@H](O)[C@@H]2O)[C@@H](O)[C@H]1O. The summed E-state index contributed by atoms with van der Waals surface area (Å²) in [5, 5.41) is 49.7. The number of rotatable bonds is 4. The van der Waals surface area contributed by atoms with Crippen LogP contribution in [0.1, 0.15) is 6.23 Å². The van der Waals surface area contributed by atoms with Gasteiger partial charge in [0, 0.05) is 0 Å². The van der Waals surface area contributed by atoms with E-state index in [4.69, 9.17) is 19.9 Å². The summed E-state index contributed by atoms with van der Waals surface area (Å²) in [6.07, 6.45) is -7.31. The van der Waals surface area contributed by atoms with Crippen LogP contribution < -0.4 is 5.73 Å². The van der Waals surface area contributed by atoms with Gasteiger partial charge in [0.1, 0.15) is 48.5 Å². The summed E-state index contributed by atoms with van der Waals surface area (Å²) >= 11 is 0. The fraction of sp³-hybridized carbons (Fsp3) is 0.667. The van der Waals surface area contributed by atoms with Gasteiger partial charge in [-0.15, -0.1) is 0 Å². The average Bonchev–Trinajstić information content (AvgIpc) is 3.22. The number of hydrogen-bond donors (Lipinski definition) is 6. The first kappa shape index (κ1) is 19.4. The first-order valence-electron chi connectivity index (χ1n) is 8.60. The number of aliphatic hydroxyl groups is 5. The highest BCUT2D eigenvalue weighted by Gasteiger charge is 2.46. The third kappa shape index (κ3) is 3.21. The standard InChI is InChI=1S/C15H21N5O8/c16-12-7-13(18-3-17-12)20(4-19-7)14-10(24)9(23)6(28-14)2-27-15-11(25)8(22)5(21)1-26-15/h3-6,8-11,14-15,21-25H,1-2H2,(H2,16,17,18)/t5-,6+,8-,9+,10+,11-,14+,15+/m0/s1. The van der Waals surface area contributed by atoms with Gasteiger partial charge in [-0.1, -0.05) is 0 Å². The summed E-state index contributed by atoms with van der Waals surface area (Å²) in [4.78, 5) is 12.0. The first-order valence-corrected chi connectivity index (χ1v) is 8.60. The molecule has 7 N–H and O–H groups in total. The Morgan fingerprint density at radius 1 is 1.07 bits per heavy atom. The quantitative estimate of drug-likeness (QED) is 0.297. The second-order valence-corrected chi connectivity index (χ2v) is 6.71. The number of imidazole rings is 1. The summed E-state index contributed by atoms with van der Waals surface area (Å²) in [5.41, 5.74) is 6.41. The minimum absolute atomic E-state index is 0.167. The lowest BCUT2D eigenvalue weighted by atomic mass is 10.1. The van der Waals surface area contributed by atoms with Crippen molar-refractivity contribution in [3.63, 3.8) is 0 Å². The van der Waals surface area contributed by atoms with Gasteiger partial charge in [0.05, 0.1) is 19.5 Å². The molecule has 0 spiro atoms. The largest absolute Gasteiger partial charge is 0.388 e. The number of nitrogen functional groups attached to an aromatic ring is 1. The van der Waals surface area contributed by atoms with Crippen molar-refractivity contribution in [2.45, 2.75) is 49.1 Å². The summed E-state index contributed by atoms with van der Waals surface area (Å²) in [5.74, 6) is 0.167. The maximum atomic E-state index is 10.4. The second-order valence-electron chi connectivity index (χ2n) is 6.71. The van der Waals surface area contributed by atoms with E-state index in [1.807, 2.05) is 0 Å². The molecule has 0 radical (unpaired) electrons. The molecule has 4 rings (SSSR count). The topological polar surface area (TPSA) is 198 Å². The predicted molar refractivity (Wildman–Crippen MR) is 89.4 cm³/mol. The van der Waals surface area contributed by atoms with Crippen molar-refractivity contribution in [3.05, 3.63) is 12.7 Å². The van der Waals surface area contributed by atoms with Crippen molar-refractivity contribution in [2.24, 2.45) is 0 Å². The van der Waals surface area contributed by atoms with Crippen LogP contribution in [0.5, 0.6) is 0 Å². The number of nitrogens with zero attached hydrogens (tertiary/aromatic N) is 4. The molecule has 13 heteroatoms. The van der Waals surface area contributed by atoms with Gasteiger partial charge in [0.2, 0.25) is 0 Å². The lowest BCUT2D eigenvalue weighted by molar-refractivity contribution is -0.276. The highest BCUT2D eigenvalue weighted by atomic mass is 16.7. The Hall–Kier alpha value is -1.97. The van der Waals surface area contributed by atoms with E-state index in [9.17, 15) is 25.5 Å². The number of nitrogens with two attached hydrogens (primary N) is 1. The molecule has 0 bridgehead atoms. The molecule has 0 aromatic carbocycles. The monoisotopic (exact) mass is 399 g/mol. The van der Waals surface area contributed by atoms with E-state index < -0.39 is 49.1 Å². The Balaban J connectivity index is 1.45. The Morgan fingerprint density at radius 3 is 2.64 bits per heavy atom. The molecule has 28 heavy (non-hydrogen) atoms. The molecule has 2 aromatic heterocycles.